The zero-order valence-corrected chi connectivity index (χ0v) is 12.0. The highest BCUT2D eigenvalue weighted by atomic mass is 15.3. The second-order valence-corrected chi connectivity index (χ2v) is 7.95. The van der Waals surface area contributed by atoms with E-state index in [1.807, 2.05) is 0 Å². The monoisotopic (exact) mass is 255 g/mol. The number of hydrogen-bond donors (Lipinski definition) is 0. The lowest BCUT2D eigenvalue weighted by Crippen LogP contribution is -2.53. The number of likely N-dealkylation sites (tertiary alicyclic amines) is 1. The minimum Gasteiger partial charge on any atom is -0.292 e. The van der Waals surface area contributed by atoms with Crippen LogP contribution in [0, 0.1) is 11.3 Å². The molecule has 1 nitrogen and oxygen atoms in total. The van der Waals surface area contributed by atoms with Gasteiger partial charge in [0.15, 0.2) is 0 Å². The topological polar surface area (TPSA) is 3.24 Å². The highest BCUT2D eigenvalue weighted by Crippen LogP contribution is 2.49. The molecule has 1 heterocycles. The molecule has 1 aliphatic heterocycles. The van der Waals surface area contributed by atoms with Crippen molar-refractivity contribution < 1.29 is 0 Å². The van der Waals surface area contributed by atoms with Crippen LogP contribution in [0.1, 0.15) is 82.1 Å². The Kier molecular flexibility index (Phi) is 5.51. The molecule has 2 rings (SSSR count). The zero-order chi connectivity index (χ0) is 12.1. The second-order valence-electron chi connectivity index (χ2n) is 7.95. The van der Waals surface area contributed by atoms with Gasteiger partial charge in [0.05, 0.1) is 0 Å². The van der Waals surface area contributed by atoms with Gasteiger partial charge in [0, 0.05) is 17.6 Å². The lowest BCUT2D eigenvalue weighted by molar-refractivity contribution is 0.0238. The summed E-state index contributed by atoms with van der Waals surface area (Å²) >= 11 is 0. The van der Waals surface area contributed by atoms with Crippen LogP contribution < -0.4 is 0 Å². The lowest BCUT2D eigenvalue weighted by atomic mass is 9.82. The maximum atomic E-state index is 2.85. The Morgan fingerprint density at radius 2 is 1.44 bits per heavy atom. The van der Waals surface area contributed by atoms with Gasteiger partial charge in [-0.25, -0.2) is 0 Å². The summed E-state index contributed by atoms with van der Waals surface area (Å²) in [5.41, 5.74) is 0.763. The summed E-state index contributed by atoms with van der Waals surface area (Å²) in [6.07, 6.45) is 5.81. The maximum absolute atomic E-state index is 2.85. The van der Waals surface area contributed by atoms with Gasteiger partial charge < -0.3 is 0 Å². The quantitative estimate of drug-likeness (QED) is 0.564. The summed E-state index contributed by atoms with van der Waals surface area (Å²) in [5, 5.41) is 0. The van der Waals surface area contributed by atoms with Crippen molar-refractivity contribution in [3.8, 4) is 0 Å². The van der Waals surface area contributed by atoms with Crippen molar-refractivity contribution in [2.24, 2.45) is 11.3 Å². The SMILES string of the molecule is C.C.CC(C)(C)C1CC2CCCC2N1C(C)(C)C. The Bertz CT molecular complexity index is 256. The Morgan fingerprint density at radius 3 is 1.89 bits per heavy atom. The molecule has 1 saturated heterocycles. The second kappa shape index (κ2) is 5.53. The van der Waals surface area contributed by atoms with Gasteiger partial charge >= 0.3 is 0 Å². The van der Waals surface area contributed by atoms with Gasteiger partial charge in [0.25, 0.3) is 0 Å². The van der Waals surface area contributed by atoms with Gasteiger partial charge in [-0.15, -0.1) is 0 Å². The molecule has 0 spiro atoms. The van der Waals surface area contributed by atoms with Crippen molar-refractivity contribution in [1.82, 2.24) is 4.90 Å². The third-order valence-electron chi connectivity index (χ3n) is 4.61. The Morgan fingerprint density at radius 1 is 0.889 bits per heavy atom. The molecule has 0 amide bonds. The van der Waals surface area contributed by atoms with E-state index in [0.717, 1.165) is 18.0 Å². The average Bonchev–Trinajstić information content (AvgIpc) is 2.53. The van der Waals surface area contributed by atoms with Crippen LogP contribution in [0.2, 0.25) is 0 Å². The highest BCUT2D eigenvalue weighted by molar-refractivity contribution is 5.04. The van der Waals surface area contributed by atoms with Crippen molar-refractivity contribution in [2.75, 3.05) is 0 Å². The molecule has 3 unspecified atom stereocenters. The normalized spacial score (nSPS) is 32.7. The van der Waals surface area contributed by atoms with Crippen LogP contribution in [-0.4, -0.2) is 22.5 Å². The molecule has 0 aromatic carbocycles. The largest absolute Gasteiger partial charge is 0.292 e. The third-order valence-corrected chi connectivity index (χ3v) is 4.61. The van der Waals surface area contributed by atoms with Crippen LogP contribution >= 0.6 is 0 Å². The first-order valence-electron chi connectivity index (χ1n) is 7.00. The summed E-state index contributed by atoms with van der Waals surface area (Å²) in [6, 6.07) is 1.66. The Hall–Kier alpha value is -0.0400. The van der Waals surface area contributed by atoms with Crippen molar-refractivity contribution in [2.45, 2.75) is 99.7 Å². The summed E-state index contributed by atoms with van der Waals surface area (Å²) in [7, 11) is 0. The molecule has 3 atom stereocenters. The van der Waals surface area contributed by atoms with Gasteiger partial charge in [0.2, 0.25) is 0 Å². The van der Waals surface area contributed by atoms with Crippen LogP contribution in [0.15, 0.2) is 0 Å². The molecule has 2 fully saturated rings. The molecule has 0 bridgehead atoms. The van der Waals surface area contributed by atoms with Crippen molar-refractivity contribution in [1.29, 1.82) is 0 Å². The fourth-order valence-electron chi connectivity index (χ4n) is 4.03. The molecule has 1 heteroatoms. The first-order valence-corrected chi connectivity index (χ1v) is 7.00. The van der Waals surface area contributed by atoms with Gasteiger partial charge in [-0.2, -0.15) is 0 Å². The zero-order valence-electron chi connectivity index (χ0n) is 12.0. The summed E-state index contributed by atoms with van der Waals surface area (Å²) in [5.74, 6) is 0.989. The molecule has 0 radical (unpaired) electrons. The fourth-order valence-corrected chi connectivity index (χ4v) is 4.03. The molecule has 18 heavy (non-hydrogen) atoms. The van der Waals surface area contributed by atoms with Gasteiger partial charge in [-0.05, 0) is 51.4 Å². The van der Waals surface area contributed by atoms with E-state index in [4.69, 9.17) is 0 Å². The molecule has 110 valence electrons. The van der Waals surface area contributed by atoms with Gasteiger partial charge in [0.1, 0.15) is 0 Å². The third kappa shape index (κ3) is 3.10. The van der Waals surface area contributed by atoms with Crippen molar-refractivity contribution >= 4 is 0 Å². The standard InChI is InChI=1S/C15H29N.2CH4/c1-14(2,3)13-10-11-8-7-9-12(11)16(13)15(4,5)6;;/h11-13H,7-10H2,1-6H3;2*1H4. The minimum absolute atomic E-state index is 0. The van der Waals surface area contributed by atoms with Crippen molar-refractivity contribution in [3.05, 3.63) is 0 Å². The first kappa shape index (κ1) is 18.0. The van der Waals surface area contributed by atoms with E-state index in [2.05, 4.69) is 46.4 Å². The lowest BCUT2D eigenvalue weighted by Gasteiger charge is -2.46. The molecule has 1 aliphatic carbocycles. The summed E-state index contributed by atoms with van der Waals surface area (Å²) in [4.78, 5) is 2.85. The molecular weight excluding hydrogens is 218 g/mol. The van der Waals surface area contributed by atoms with Gasteiger partial charge in [-0.3, -0.25) is 4.90 Å². The predicted molar refractivity (Wildman–Crippen MR) is 84.0 cm³/mol. The Labute approximate surface area is 116 Å². The minimum atomic E-state index is 0. The summed E-state index contributed by atoms with van der Waals surface area (Å²) in [6.45, 7) is 14.4. The van der Waals surface area contributed by atoms with E-state index in [9.17, 15) is 0 Å². The van der Waals surface area contributed by atoms with Crippen LogP contribution in [0.25, 0.3) is 0 Å². The summed E-state index contributed by atoms with van der Waals surface area (Å²) < 4.78 is 0. The van der Waals surface area contributed by atoms with E-state index in [-0.39, 0.29) is 14.9 Å². The van der Waals surface area contributed by atoms with Crippen LogP contribution in [-0.2, 0) is 0 Å². The fraction of sp³-hybridized carbons (Fsp3) is 1.00. The van der Waals surface area contributed by atoms with Gasteiger partial charge in [-0.1, -0.05) is 42.0 Å². The van der Waals surface area contributed by atoms with E-state index in [0.29, 0.717) is 11.0 Å². The van der Waals surface area contributed by atoms with Crippen molar-refractivity contribution in [3.63, 3.8) is 0 Å². The smallest absolute Gasteiger partial charge is 0.0155 e. The van der Waals surface area contributed by atoms with E-state index >= 15 is 0 Å². The highest BCUT2D eigenvalue weighted by Gasteiger charge is 2.50. The number of fused-ring (bicyclic) bond motifs is 1. The number of nitrogens with zero attached hydrogens (tertiary/aromatic N) is 1. The van der Waals surface area contributed by atoms with E-state index in [1.54, 1.807) is 0 Å². The van der Waals surface area contributed by atoms with Crippen LogP contribution in [0.5, 0.6) is 0 Å². The number of rotatable bonds is 0. The molecular formula is C17H37N. The Balaban J connectivity index is 0.00000144. The van der Waals surface area contributed by atoms with E-state index in [1.165, 1.54) is 25.7 Å². The van der Waals surface area contributed by atoms with Crippen LogP contribution in [0.3, 0.4) is 0 Å². The molecule has 1 saturated carbocycles. The molecule has 0 aromatic heterocycles. The predicted octanol–water partition coefficient (Wildman–Crippen LogP) is 5.35. The molecule has 0 aromatic rings. The number of hydrogen-bond acceptors (Lipinski definition) is 1. The molecule has 0 N–H and O–H groups in total. The average molecular weight is 255 g/mol. The molecule has 2 aliphatic rings. The van der Waals surface area contributed by atoms with Crippen LogP contribution in [0.4, 0.5) is 0 Å². The first-order chi connectivity index (χ1) is 7.21. The maximum Gasteiger partial charge on any atom is 0.0155 e. The van der Waals surface area contributed by atoms with E-state index < -0.39 is 0 Å².